The van der Waals surface area contributed by atoms with Crippen molar-refractivity contribution in [3.8, 4) is 0 Å². The van der Waals surface area contributed by atoms with Crippen molar-refractivity contribution in [2.24, 2.45) is 5.73 Å². The number of rotatable bonds is 3. The second kappa shape index (κ2) is 6.02. The summed E-state index contributed by atoms with van der Waals surface area (Å²) in [5, 5.41) is 2.74. The van der Waals surface area contributed by atoms with E-state index in [9.17, 15) is 9.59 Å². The van der Waals surface area contributed by atoms with Crippen molar-refractivity contribution in [1.82, 2.24) is 0 Å². The fraction of sp³-hybridized carbons (Fsp3) is 0.429. The average molecular weight is 278 g/mol. The third-order valence-electron chi connectivity index (χ3n) is 3.38. The van der Waals surface area contributed by atoms with E-state index in [0.717, 1.165) is 0 Å². The molecule has 0 spiro atoms. The number of nitrogens with two attached hydrogens (primary N) is 1. The summed E-state index contributed by atoms with van der Waals surface area (Å²) < 4.78 is 9.85. The molecule has 1 aromatic rings. The molecule has 20 heavy (non-hydrogen) atoms. The maximum Gasteiger partial charge on any atom is 0.337 e. The Balaban J connectivity index is 2.09. The van der Waals surface area contributed by atoms with E-state index in [4.69, 9.17) is 10.5 Å². The Morgan fingerprint density at radius 2 is 2.05 bits per heavy atom. The van der Waals surface area contributed by atoms with Crippen LogP contribution in [0.1, 0.15) is 23.2 Å². The van der Waals surface area contributed by atoms with Crippen molar-refractivity contribution in [3.05, 3.63) is 29.8 Å². The van der Waals surface area contributed by atoms with Gasteiger partial charge in [-0.05, 0) is 31.0 Å². The molecule has 3 N–H and O–H groups in total. The lowest BCUT2D eigenvalue weighted by Crippen LogP contribution is -2.54. The van der Waals surface area contributed by atoms with Crippen LogP contribution in [0.25, 0.3) is 0 Å². The van der Waals surface area contributed by atoms with E-state index < -0.39 is 11.5 Å². The minimum absolute atomic E-state index is 0.261. The van der Waals surface area contributed by atoms with Gasteiger partial charge >= 0.3 is 5.97 Å². The normalized spacial score (nSPS) is 17.3. The SMILES string of the molecule is COC(=O)c1cccc(NC(=O)C2(N)CCOCC2)c1. The van der Waals surface area contributed by atoms with Crippen LogP contribution in [0.15, 0.2) is 24.3 Å². The quantitative estimate of drug-likeness (QED) is 0.802. The van der Waals surface area contributed by atoms with Crippen molar-refractivity contribution in [1.29, 1.82) is 0 Å². The van der Waals surface area contributed by atoms with Gasteiger partial charge in [-0.3, -0.25) is 4.79 Å². The van der Waals surface area contributed by atoms with Crippen molar-refractivity contribution >= 4 is 17.6 Å². The summed E-state index contributed by atoms with van der Waals surface area (Å²) in [6, 6.07) is 6.56. The number of carbonyl (C=O) groups excluding carboxylic acids is 2. The van der Waals surface area contributed by atoms with E-state index in [1.54, 1.807) is 24.3 Å². The molecule has 108 valence electrons. The summed E-state index contributed by atoms with van der Waals surface area (Å²) in [7, 11) is 1.31. The summed E-state index contributed by atoms with van der Waals surface area (Å²) >= 11 is 0. The fourth-order valence-corrected chi connectivity index (χ4v) is 2.06. The van der Waals surface area contributed by atoms with Gasteiger partial charge in [0, 0.05) is 18.9 Å². The number of nitrogens with one attached hydrogen (secondary N) is 1. The molecule has 1 saturated heterocycles. The first kappa shape index (κ1) is 14.5. The minimum Gasteiger partial charge on any atom is -0.465 e. The van der Waals surface area contributed by atoms with Gasteiger partial charge in [-0.2, -0.15) is 0 Å². The molecule has 6 heteroatoms. The van der Waals surface area contributed by atoms with Gasteiger partial charge in [0.25, 0.3) is 0 Å². The Bertz CT molecular complexity index is 510. The smallest absolute Gasteiger partial charge is 0.337 e. The summed E-state index contributed by atoms with van der Waals surface area (Å²) in [5.41, 5.74) is 6.07. The van der Waals surface area contributed by atoms with E-state index in [-0.39, 0.29) is 5.91 Å². The Morgan fingerprint density at radius 1 is 1.35 bits per heavy atom. The average Bonchev–Trinajstić information content (AvgIpc) is 2.47. The number of amides is 1. The number of benzene rings is 1. The standard InChI is InChI=1S/C14H18N2O4/c1-19-12(17)10-3-2-4-11(9-10)16-13(18)14(15)5-7-20-8-6-14/h2-4,9H,5-8,15H2,1H3,(H,16,18). The van der Waals surface area contributed by atoms with Crippen LogP contribution < -0.4 is 11.1 Å². The zero-order valence-corrected chi connectivity index (χ0v) is 11.3. The molecule has 0 bridgehead atoms. The Labute approximate surface area is 117 Å². The predicted molar refractivity (Wildman–Crippen MR) is 73.4 cm³/mol. The molecule has 1 amide bonds. The molecule has 0 radical (unpaired) electrons. The number of ether oxygens (including phenoxy) is 2. The molecule has 1 aliphatic heterocycles. The van der Waals surface area contributed by atoms with Gasteiger partial charge < -0.3 is 20.5 Å². The van der Waals surface area contributed by atoms with Gasteiger partial charge in [0.2, 0.25) is 5.91 Å². The molecule has 0 atom stereocenters. The lowest BCUT2D eigenvalue weighted by Gasteiger charge is -2.31. The summed E-state index contributed by atoms with van der Waals surface area (Å²) in [4.78, 5) is 23.7. The molecule has 2 rings (SSSR count). The van der Waals surface area contributed by atoms with E-state index in [2.05, 4.69) is 10.1 Å². The number of carbonyl (C=O) groups is 2. The summed E-state index contributed by atoms with van der Waals surface area (Å²) in [5.74, 6) is -0.711. The van der Waals surface area contributed by atoms with Crippen LogP contribution in [-0.2, 0) is 14.3 Å². The largest absolute Gasteiger partial charge is 0.465 e. The Kier molecular flexibility index (Phi) is 4.36. The first-order valence-electron chi connectivity index (χ1n) is 6.42. The van der Waals surface area contributed by atoms with Gasteiger partial charge in [-0.15, -0.1) is 0 Å². The number of anilines is 1. The highest BCUT2D eigenvalue weighted by Crippen LogP contribution is 2.20. The van der Waals surface area contributed by atoms with Crippen molar-refractivity contribution < 1.29 is 19.1 Å². The first-order valence-corrected chi connectivity index (χ1v) is 6.42. The monoisotopic (exact) mass is 278 g/mol. The van der Waals surface area contributed by atoms with Crippen LogP contribution in [0.4, 0.5) is 5.69 Å². The lowest BCUT2D eigenvalue weighted by atomic mass is 9.90. The fourth-order valence-electron chi connectivity index (χ4n) is 2.06. The van der Waals surface area contributed by atoms with Crippen LogP contribution in [0, 0.1) is 0 Å². The molecule has 0 saturated carbocycles. The molecule has 1 aromatic carbocycles. The van der Waals surface area contributed by atoms with Gasteiger partial charge in [-0.1, -0.05) is 6.07 Å². The maximum atomic E-state index is 12.2. The predicted octanol–water partition coefficient (Wildman–Crippen LogP) is 0.920. The third kappa shape index (κ3) is 3.15. The van der Waals surface area contributed by atoms with Crippen LogP contribution >= 0.6 is 0 Å². The van der Waals surface area contributed by atoms with E-state index in [1.165, 1.54) is 7.11 Å². The van der Waals surface area contributed by atoms with Gasteiger partial charge in [0.1, 0.15) is 5.54 Å². The zero-order chi connectivity index (χ0) is 14.6. The molecular formula is C14H18N2O4. The zero-order valence-electron chi connectivity index (χ0n) is 11.3. The molecule has 1 aliphatic rings. The molecule has 6 nitrogen and oxygen atoms in total. The molecular weight excluding hydrogens is 260 g/mol. The van der Waals surface area contributed by atoms with E-state index in [1.807, 2.05) is 0 Å². The highest BCUT2D eigenvalue weighted by molar-refractivity contribution is 5.99. The van der Waals surface area contributed by atoms with Gasteiger partial charge in [0.05, 0.1) is 12.7 Å². The van der Waals surface area contributed by atoms with Crippen LogP contribution in [-0.4, -0.2) is 37.7 Å². The first-order chi connectivity index (χ1) is 9.55. The van der Waals surface area contributed by atoms with E-state index in [0.29, 0.717) is 37.3 Å². The second-order valence-electron chi connectivity index (χ2n) is 4.80. The van der Waals surface area contributed by atoms with Crippen LogP contribution in [0.5, 0.6) is 0 Å². The van der Waals surface area contributed by atoms with Crippen LogP contribution in [0.2, 0.25) is 0 Å². The number of hydrogen-bond acceptors (Lipinski definition) is 5. The van der Waals surface area contributed by atoms with Crippen molar-refractivity contribution in [2.75, 3.05) is 25.6 Å². The van der Waals surface area contributed by atoms with Crippen molar-refractivity contribution in [2.45, 2.75) is 18.4 Å². The third-order valence-corrected chi connectivity index (χ3v) is 3.38. The topological polar surface area (TPSA) is 90.7 Å². The number of hydrogen-bond donors (Lipinski definition) is 2. The van der Waals surface area contributed by atoms with Crippen molar-refractivity contribution in [3.63, 3.8) is 0 Å². The highest BCUT2D eigenvalue weighted by Gasteiger charge is 2.35. The minimum atomic E-state index is -0.917. The molecule has 0 aliphatic carbocycles. The molecule has 1 fully saturated rings. The molecule has 0 unspecified atom stereocenters. The van der Waals surface area contributed by atoms with Gasteiger partial charge in [-0.25, -0.2) is 4.79 Å². The number of esters is 1. The lowest BCUT2D eigenvalue weighted by molar-refractivity contribution is -0.124. The highest BCUT2D eigenvalue weighted by atomic mass is 16.5. The molecule has 0 aromatic heterocycles. The van der Waals surface area contributed by atoms with E-state index >= 15 is 0 Å². The summed E-state index contributed by atoms with van der Waals surface area (Å²) in [6.45, 7) is 0.957. The second-order valence-corrected chi connectivity index (χ2v) is 4.80. The Morgan fingerprint density at radius 3 is 2.70 bits per heavy atom. The number of methoxy groups -OCH3 is 1. The van der Waals surface area contributed by atoms with Crippen LogP contribution in [0.3, 0.4) is 0 Å². The van der Waals surface area contributed by atoms with Gasteiger partial charge in [0.15, 0.2) is 0 Å². The molecule has 1 heterocycles. The Hall–Kier alpha value is -1.92. The maximum absolute atomic E-state index is 12.2. The summed E-state index contributed by atoms with van der Waals surface area (Å²) in [6.07, 6.45) is 0.963.